The van der Waals surface area contributed by atoms with Crippen LogP contribution in [0.25, 0.3) is 10.2 Å². The van der Waals surface area contributed by atoms with Crippen LogP contribution in [0.5, 0.6) is 0 Å². The van der Waals surface area contributed by atoms with E-state index in [1.807, 2.05) is 6.92 Å². The van der Waals surface area contributed by atoms with Crippen LogP contribution in [-0.2, 0) is 4.74 Å². The number of carbonyl (C=O) groups is 1. The lowest BCUT2D eigenvalue weighted by atomic mass is 10.1. The maximum Gasteiger partial charge on any atom is 0.339 e. The van der Waals surface area contributed by atoms with Gasteiger partial charge in [-0.1, -0.05) is 0 Å². The second-order valence-electron chi connectivity index (χ2n) is 3.34. The molecule has 0 aliphatic heterocycles. The van der Waals surface area contributed by atoms with Gasteiger partial charge in [-0.2, -0.15) is 4.37 Å². The van der Waals surface area contributed by atoms with E-state index in [1.165, 1.54) is 18.6 Å². The van der Waals surface area contributed by atoms with Crippen LogP contribution in [-0.4, -0.2) is 22.4 Å². The molecule has 16 heavy (non-hydrogen) atoms. The van der Waals surface area contributed by atoms with Gasteiger partial charge in [-0.05, 0) is 46.9 Å². The Hall–Kier alpha value is -1.01. The van der Waals surface area contributed by atoms with Crippen LogP contribution in [0, 0.1) is 13.8 Å². The Bertz CT molecular complexity index is 580. The highest BCUT2D eigenvalue weighted by Gasteiger charge is 2.19. The molecular weight excluding hydrogens is 292 g/mol. The fourth-order valence-electron chi connectivity index (χ4n) is 1.66. The highest BCUT2D eigenvalue weighted by Crippen LogP contribution is 2.31. The molecule has 2 aromatic heterocycles. The largest absolute Gasteiger partial charge is 0.465 e. The molecule has 84 valence electrons. The number of aromatic nitrogens is 2. The van der Waals surface area contributed by atoms with E-state index in [4.69, 9.17) is 4.74 Å². The predicted octanol–water partition coefficient (Wildman–Crippen LogP) is 2.86. The molecule has 0 saturated carbocycles. The molecule has 6 heteroatoms. The number of carbonyl (C=O) groups excluding carboxylic acids is 1. The summed E-state index contributed by atoms with van der Waals surface area (Å²) in [6.45, 7) is 3.68. The van der Waals surface area contributed by atoms with Gasteiger partial charge in [0.2, 0.25) is 0 Å². The quantitative estimate of drug-likeness (QED) is 0.760. The highest BCUT2D eigenvalue weighted by molar-refractivity contribution is 9.10. The highest BCUT2D eigenvalue weighted by atomic mass is 79.9. The van der Waals surface area contributed by atoms with Crippen molar-refractivity contribution in [1.29, 1.82) is 0 Å². The molecule has 0 aromatic carbocycles. The molecule has 0 unspecified atom stereocenters. The molecule has 0 fully saturated rings. The van der Waals surface area contributed by atoms with Gasteiger partial charge in [-0.25, -0.2) is 9.78 Å². The third kappa shape index (κ3) is 1.62. The molecule has 4 nitrogen and oxygen atoms in total. The van der Waals surface area contributed by atoms with Gasteiger partial charge in [0.25, 0.3) is 0 Å². The summed E-state index contributed by atoms with van der Waals surface area (Å²) < 4.78 is 9.64. The standard InChI is InChI=1S/C10H9BrN2O2S/c1-4-6(10(14)15-3)5(2)12-9-7(4)8(11)13-16-9/h1-3H3. The Kier molecular flexibility index (Phi) is 2.94. The van der Waals surface area contributed by atoms with Gasteiger partial charge in [0.05, 0.1) is 18.4 Å². The van der Waals surface area contributed by atoms with Crippen LogP contribution in [0.15, 0.2) is 4.60 Å². The Morgan fingerprint density at radius 2 is 2.12 bits per heavy atom. The van der Waals surface area contributed by atoms with Crippen molar-refractivity contribution in [3.05, 3.63) is 21.4 Å². The third-order valence-corrected chi connectivity index (χ3v) is 3.95. The number of esters is 1. The summed E-state index contributed by atoms with van der Waals surface area (Å²) in [5.74, 6) is -0.359. The second-order valence-corrected chi connectivity index (χ2v) is 4.85. The van der Waals surface area contributed by atoms with E-state index >= 15 is 0 Å². The molecular formula is C10H9BrN2O2S. The van der Waals surface area contributed by atoms with E-state index in [0.29, 0.717) is 11.3 Å². The van der Waals surface area contributed by atoms with E-state index in [0.717, 1.165) is 20.4 Å². The van der Waals surface area contributed by atoms with Crippen LogP contribution in [0.4, 0.5) is 0 Å². The molecule has 0 radical (unpaired) electrons. The first-order valence-corrected chi connectivity index (χ1v) is 6.13. The summed E-state index contributed by atoms with van der Waals surface area (Å²) in [5.41, 5.74) is 2.05. The van der Waals surface area contributed by atoms with Gasteiger partial charge in [0, 0.05) is 5.39 Å². The lowest BCUT2D eigenvalue weighted by molar-refractivity contribution is 0.0599. The van der Waals surface area contributed by atoms with Crippen LogP contribution >= 0.6 is 27.5 Å². The summed E-state index contributed by atoms with van der Waals surface area (Å²) in [7, 11) is 1.37. The molecule has 0 aliphatic rings. The Morgan fingerprint density at radius 1 is 1.44 bits per heavy atom. The van der Waals surface area contributed by atoms with Crippen molar-refractivity contribution in [2.45, 2.75) is 13.8 Å². The molecule has 0 saturated heterocycles. The molecule has 0 bridgehead atoms. The van der Waals surface area contributed by atoms with Crippen molar-refractivity contribution in [2.24, 2.45) is 0 Å². The number of nitrogens with zero attached hydrogens (tertiary/aromatic N) is 2. The summed E-state index contributed by atoms with van der Waals surface area (Å²) in [6, 6.07) is 0. The van der Waals surface area contributed by atoms with Gasteiger partial charge in [-0.15, -0.1) is 0 Å². The minimum Gasteiger partial charge on any atom is -0.465 e. The first-order chi connectivity index (χ1) is 7.56. The van der Waals surface area contributed by atoms with Crippen LogP contribution < -0.4 is 0 Å². The van der Waals surface area contributed by atoms with Crippen molar-refractivity contribution >= 4 is 43.6 Å². The van der Waals surface area contributed by atoms with Gasteiger partial charge < -0.3 is 4.74 Å². The molecule has 0 amide bonds. The number of fused-ring (bicyclic) bond motifs is 1. The number of halogens is 1. The summed E-state index contributed by atoms with van der Waals surface area (Å²) in [6.07, 6.45) is 0. The first kappa shape index (κ1) is 11.5. The topological polar surface area (TPSA) is 52.1 Å². The van der Waals surface area contributed by atoms with Crippen molar-refractivity contribution < 1.29 is 9.53 Å². The van der Waals surface area contributed by atoms with Crippen LogP contribution in [0.3, 0.4) is 0 Å². The number of hydrogen-bond donors (Lipinski definition) is 0. The van der Waals surface area contributed by atoms with E-state index in [9.17, 15) is 4.79 Å². The fraction of sp³-hybridized carbons (Fsp3) is 0.300. The van der Waals surface area contributed by atoms with Crippen molar-refractivity contribution in [3.8, 4) is 0 Å². The van der Waals surface area contributed by atoms with Gasteiger partial charge in [-0.3, -0.25) is 0 Å². The molecule has 0 atom stereocenters. The lowest BCUT2D eigenvalue weighted by Crippen LogP contribution is -2.08. The van der Waals surface area contributed by atoms with E-state index in [1.54, 1.807) is 6.92 Å². The fourth-order valence-corrected chi connectivity index (χ4v) is 3.27. The minimum absolute atomic E-state index is 0.359. The van der Waals surface area contributed by atoms with Crippen LogP contribution in [0.2, 0.25) is 0 Å². The van der Waals surface area contributed by atoms with E-state index < -0.39 is 0 Å². The maximum atomic E-state index is 11.6. The Balaban J connectivity index is 2.83. The monoisotopic (exact) mass is 300 g/mol. The average Bonchev–Trinajstić information content (AvgIpc) is 2.59. The van der Waals surface area contributed by atoms with Gasteiger partial charge >= 0.3 is 5.97 Å². The minimum atomic E-state index is -0.359. The number of ether oxygens (including phenoxy) is 1. The molecule has 0 aliphatic carbocycles. The Morgan fingerprint density at radius 3 is 2.75 bits per heavy atom. The van der Waals surface area contributed by atoms with E-state index in [-0.39, 0.29) is 5.97 Å². The zero-order valence-electron chi connectivity index (χ0n) is 9.00. The predicted molar refractivity (Wildman–Crippen MR) is 65.9 cm³/mol. The SMILES string of the molecule is COC(=O)c1c(C)nc2snc(Br)c2c1C. The third-order valence-electron chi connectivity index (χ3n) is 2.40. The number of aryl methyl sites for hydroxylation is 2. The Labute approximate surface area is 105 Å². The van der Waals surface area contributed by atoms with Crippen molar-refractivity contribution in [2.75, 3.05) is 7.11 Å². The zero-order valence-corrected chi connectivity index (χ0v) is 11.4. The molecule has 2 aromatic rings. The summed E-state index contributed by atoms with van der Waals surface area (Å²) in [5, 5.41) is 0.885. The average molecular weight is 301 g/mol. The van der Waals surface area contributed by atoms with Crippen molar-refractivity contribution in [3.63, 3.8) is 0 Å². The zero-order chi connectivity index (χ0) is 11.9. The lowest BCUT2D eigenvalue weighted by Gasteiger charge is -2.07. The van der Waals surface area contributed by atoms with Crippen LogP contribution in [0.1, 0.15) is 21.6 Å². The maximum absolute atomic E-state index is 11.6. The summed E-state index contributed by atoms with van der Waals surface area (Å²) in [4.78, 5) is 16.8. The molecule has 2 rings (SSSR count). The van der Waals surface area contributed by atoms with Crippen molar-refractivity contribution in [1.82, 2.24) is 9.36 Å². The van der Waals surface area contributed by atoms with E-state index in [2.05, 4.69) is 25.3 Å². The second kappa shape index (κ2) is 4.10. The first-order valence-electron chi connectivity index (χ1n) is 4.56. The smallest absolute Gasteiger partial charge is 0.339 e. The molecule has 2 heterocycles. The molecule has 0 N–H and O–H groups in total. The normalized spacial score (nSPS) is 10.8. The van der Waals surface area contributed by atoms with Gasteiger partial charge in [0.15, 0.2) is 0 Å². The number of hydrogen-bond acceptors (Lipinski definition) is 5. The molecule has 0 spiro atoms. The number of methoxy groups -OCH3 is 1. The summed E-state index contributed by atoms with van der Waals surface area (Å²) >= 11 is 4.66. The number of rotatable bonds is 1. The number of pyridine rings is 1. The van der Waals surface area contributed by atoms with Gasteiger partial charge in [0.1, 0.15) is 9.43 Å².